The quantitative estimate of drug-likeness (QED) is 0.361. The highest BCUT2D eigenvalue weighted by Gasteiger charge is 2.38. The predicted octanol–water partition coefficient (Wildman–Crippen LogP) is 4.80. The van der Waals surface area contributed by atoms with Crippen LogP contribution in [0.25, 0.3) is 20.7 Å². The lowest BCUT2D eigenvalue weighted by Gasteiger charge is -2.35. The van der Waals surface area contributed by atoms with Gasteiger partial charge in [0.15, 0.2) is 0 Å². The molecule has 5 rings (SSSR count). The van der Waals surface area contributed by atoms with Crippen LogP contribution in [-0.2, 0) is 17.5 Å². The van der Waals surface area contributed by atoms with Gasteiger partial charge in [-0.25, -0.2) is 24.6 Å². The van der Waals surface area contributed by atoms with Crippen LogP contribution < -0.4 is 15.0 Å². The fourth-order valence-corrected chi connectivity index (χ4v) is 5.12. The topological polar surface area (TPSA) is 121 Å². The lowest BCUT2D eigenvalue weighted by atomic mass is 10.1. The van der Waals surface area contributed by atoms with Crippen LogP contribution in [0.4, 0.5) is 35.2 Å². The van der Waals surface area contributed by atoms with Gasteiger partial charge in [-0.05, 0) is 25.1 Å². The Bertz CT molecular complexity index is 1590. The van der Waals surface area contributed by atoms with Gasteiger partial charge in [-0.2, -0.15) is 13.2 Å². The van der Waals surface area contributed by atoms with Gasteiger partial charge in [0.2, 0.25) is 5.88 Å². The highest BCUT2D eigenvalue weighted by Crippen LogP contribution is 2.45. The number of aliphatic hydroxyl groups excluding tert-OH is 1. The SMILES string of the molecule is COc1ccc(-c2cc3c4c(cnc3s2)CN(C)C(=O)N4c2cc(C(F)(F)F)c(NC(=O)C(C)O)cn2)cn1. The molecule has 3 amide bonds. The summed E-state index contributed by atoms with van der Waals surface area (Å²) in [4.78, 5) is 41.9. The number of thiophene rings is 1. The summed E-state index contributed by atoms with van der Waals surface area (Å²) in [6.45, 7) is 1.32. The van der Waals surface area contributed by atoms with E-state index in [1.807, 2.05) is 17.4 Å². The summed E-state index contributed by atoms with van der Waals surface area (Å²) in [7, 11) is 3.03. The molecule has 0 aromatic carbocycles. The van der Waals surface area contributed by atoms with Crippen molar-refractivity contribution in [3.8, 4) is 16.3 Å². The van der Waals surface area contributed by atoms with Crippen molar-refractivity contribution in [1.29, 1.82) is 0 Å². The van der Waals surface area contributed by atoms with Gasteiger partial charge in [0.05, 0.1) is 36.8 Å². The number of halogens is 3. The molecule has 0 fully saturated rings. The number of carbonyl (C=O) groups is 2. The van der Waals surface area contributed by atoms with Gasteiger partial charge in [0.1, 0.15) is 16.8 Å². The Kier molecular flexibility index (Phi) is 6.60. The minimum atomic E-state index is -4.89. The second-order valence-electron chi connectivity index (χ2n) is 8.78. The lowest BCUT2D eigenvalue weighted by molar-refractivity contribution is -0.137. The number of hydrogen-bond acceptors (Lipinski definition) is 8. The third-order valence-corrected chi connectivity index (χ3v) is 7.14. The van der Waals surface area contributed by atoms with E-state index in [-0.39, 0.29) is 12.4 Å². The number of anilines is 3. The molecule has 0 radical (unpaired) electrons. The van der Waals surface area contributed by atoms with E-state index in [0.29, 0.717) is 33.4 Å². The molecule has 39 heavy (non-hydrogen) atoms. The fraction of sp³-hybridized carbons (Fsp3) is 0.240. The Morgan fingerprint density at radius 3 is 2.59 bits per heavy atom. The molecule has 1 aliphatic rings. The minimum Gasteiger partial charge on any atom is -0.481 e. The van der Waals surface area contributed by atoms with Crippen molar-refractivity contribution in [3.05, 3.63) is 54.0 Å². The molecule has 5 heterocycles. The summed E-state index contributed by atoms with van der Waals surface area (Å²) >= 11 is 1.34. The first-order chi connectivity index (χ1) is 18.5. The number of urea groups is 1. The monoisotopic (exact) mass is 558 g/mol. The normalized spacial score (nSPS) is 14.4. The molecule has 1 unspecified atom stereocenters. The van der Waals surface area contributed by atoms with Crippen LogP contribution in [0.15, 0.2) is 42.9 Å². The number of alkyl halides is 3. The highest BCUT2D eigenvalue weighted by atomic mass is 32.1. The number of carbonyl (C=O) groups excluding carboxylic acids is 2. The van der Waals surface area contributed by atoms with Crippen LogP contribution in [0.2, 0.25) is 0 Å². The maximum atomic E-state index is 14.0. The smallest absolute Gasteiger partial charge is 0.418 e. The van der Waals surface area contributed by atoms with Crippen molar-refractivity contribution in [1.82, 2.24) is 19.9 Å². The Hall–Kier alpha value is -4.30. The number of fused-ring (bicyclic) bond motifs is 3. The second kappa shape index (κ2) is 9.78. The van der Waals surface area contributed by atoms with Crippen LogP contribution in [-0.4, -0.2) is 57.2 Å². The second-order valence-corrected chi connectivity index (χ2v) is 9.81. The van der Waals surface area contributed by atoms with E-state index in [1.165, 1.54) is 30.4 Å². The van der Waals surface area contributed by atoms with Gasteiger partial charge < -0.3 is 20.1 Å². The summed E-state index contributed by atoms with van der Waals surface area (Å²) in [6.07, 6.45) is -2.40. The number of pyridine rings is 3. The first-order valence-electron chi connectivity index (χ1n) is 11.5. The molecule has 0 spiro atoms. The largest absolute Gasteiger partial charge is 0.481 e. The number of hydrogen-bond donors (Lipinski definition) is 2. The van der Waals surface area contributed by atoms with Crippen LogP contribution >= 0.6 is 11.3 Å². The maximum Gasteiger partial charge on any atom is 0.418 e. The predicted molar refractivity (Wildman–Crippen MR) is 138 cm³/mol. The Morgan fingerprint density at radius 2 is 1.95 bits per heavy atom. The summed E-state index contributed by atoms with van der Waals surface area (Å²) in [5.74, 6) is -0.878. The number of nitrogens with zero attached hydrogens (tertiary/aromatic N) is 5. The van der Waals surface area contributed by atoms with Gasteiger partial charge >= 0.3 is 12.2 Å². The molecule has 1 atom stereocenters. The number of rotatable bonds is 5. The van der Waals surface area contributed by atoms with Gasteiger partial charge in [-0.3, -0.25) is 4.79 Å². The van der Waals surface area contributed by atoms with Crippen LogP contribution in [0.3, 0.4) is 0 Å². The highest BCUT2D eigenvalue weighted by molar-refractivity contribution is 7.22. The molecular weight excluding hydrogens is 537 g/mol. The average molecular weight is 559 g/mol. The molecule has 0 bridgehead atoms. The molecule has 10 nitrogen and oxygen atoms in total. The van der Waals surface area contributed by atoms with Gasteiger partial charge in [0.25, 0.3) is 5.91 Å². The standard InChI is InChI=1S/C25H21F3N6O4S/c1-12(35)22(36)32-17-10-29-19(7-16(17)25(26,27)28)34-21-14(11-33(2)24(34)37)9-31-23-15(21)6-18(39-23)13-4-5-20(38-3)30-8-13/h4-10,12,35H,11H2,1-3H3,(H,32,36). The molecule has 0 aliphatic carbocycles. The zero-order valence-electron chi connectivity index (χ0n) is 20.8. The third kappa shape index (κ3) is 4.83. The average Bonchev–Trinajstić information content (AvgIpc) is 3.34. The van der Waals surface area contributed by atoms with E-state index >= 15 is 0 Å². The van der Waals surface area contributed by atoms with Crippen LogP contribution in [0, 0.1) is 0 Å². The van der Waals surface area contributed by atoms with Crippen molar-refractivity contribution in [3.63, 3.8) is 0 Å². The first-order valence-corrected chi connectivity index (χ1v) is 12.3. The Labute approximate surface area is 223 Å². The van der Waals surface area contributed by atoms with E-state index in [4.69, 9.17) is 4.74 Å². The van der Waals surface area contributed by atoms with Gasteiger partial charge in [-0.1, -0.05) is 0 Å². The molecule has 2 N–H and O–H groups in total. The van der Waals surface area contributed by atoms with Gasteiger partial charge in [0, 0.05) is 46.9 Å². The zero-order valence-corrected chi connectivity index (χ0v) is 21.6. The maximum absolute atomic E-state index is 14.0. The van der Waals surface area contributed by atoms with E-state index in [0.717, 1.165) is 28.5 Å². The van der Waals surface area contributed by atoms with E-state index in [1.54, 1.807) is 18.5 Å². The molecule has 1 aliphatic heterocycles. The van der Waals surface area contributed by atoms with Crippen molar-refractivity contribution >= 4 is 50.7 Å². The van der Waals surface area contributed by atoms with E-state index < -0.39 is 35.5 Å². The zero-order chi connectivity index (χ0) is 28.1. The number of amides is 3. The van der Waals surface area contributed by atoms with E-state index in [9.17, 15) is 27.9 Å². The summed E-state index contributed by atoms with van der Waals surface area (Å²) in [5.41, 5.74) is -0.101. The van der Waals surface area contributed by atoms with Crippen LogP contribution in [0.5, 0.6) is 5.88 Å². The van der Waals surface area contributed by atoms with Crippen LogP contribution in [0.1, 0.15) is 18.1 Å². The number of nitrogens with one attached hydrogen (secondary N) is 1. The fourth-order valence-electron chi connectivity index (χ4n) is 4.13. The lowest BCUT2D eigenvalue weighted by Crippen LogP contribution is -2.43. The Morgan fingerprint density at radius 1 is 1.18 bits per heavy atom. The Balaban J connectivity index is 1.66. The van der Waals surface area contributed by atoms with Gasteiger partial charge in [-0.15, -0.1) is 11.3 Å². The number of methoxy groups -OCH3 is 1. The molecule has 4 aromatic heterocycles. The summed E-state index contributed by atoms with van der Waals surface area (Å²) < 4.78 is 47.2. The molecule has 0 saturated heterocycles. The minimum absolute atomic E-state index is 0.192. The third-order valence-electron chi connectivity index (χ3n) is 6.05. The number of aromatic nitrogens is 3. The van der Waals surface area contributed by atoms with Crippen molar-refractivity contribution in [2.45, 2.75) is 25.7 Å². The summed E-state index contributed by atoms with van der Waals surface area (Å²) in [6, 6.07) is 5.44. The van der Waals surface area contributed by atoms with E-state index in [2.05, 4.69) is 15.0 Å². The molecular formula is C25H21F3N6O4S. The molecule has 4 aromatic rings. The molecule has 0 saturated carbocycles. The summed E-state index contributed by atoms with van der Waals surface area (Å²) in [5, 5.41) is 12.0. The number of ether oxygens (including phenoxy) is 1. The van der Waals surface area contributed by atoms with Crippen molar-refractivity contribution in [2.24, 2.45) is 0 Å². The first kappa shape index (κ1) is 26.3. The number of aliphatic hydroxyl groups is 1. The molecule has 14 heteroatoms. The van der Waals surface area contributed by atoms with Crippen molar-refractivity contribution in [2.75, 3.05) is 24.4 Å². The van der Waals surface area contributed by atoms with Crippen molar-refractivity contribution < 1.29 is 32.6 Å². The molecule has 202 valence electrons.